The van der Waals surface area contributed by atoms with Crippen LogP contribution >= 0.6 is 11.8 Å². The van der Waals surface area contributed by atoms with E-state index in [0.29, 0.717) is 17.0 Å². The van der Waals surface area contributed by atoms with Crippen LogP contribution in [0.2, 0.25) is 0 Å². The van der Waals surface area contributed by atoms with Crippen molar-refractivity contribution in [1.29, 1.82) is 0 Å². The summed E-state index contributed by atoms with van der Waals surface area (Å²) in [6.07, 6.45) is 0. The second-order valence-electron chi connectivity index (χ2n) is 5.12. The Bertz CT molecular complexity index is 627. The first-order chi connectivity index (χ1) is 9.56. The van der Waals surface area contributed by atoms with E-state index in [9.17, 15) is 9.59 Å². The molecule has 104 valence electrons. The Kier molecular flexibility index (Phi) is 3.25. The first-order valence-corrected chi connectivity index (χ1v) is 7.45. The molecule has 0 saturated heterocycles. The van der Waals surface area contributed by atoms with Gasteiger partial charge in [-0.05, 0) is 24.1 Å². The number of rotatable bonds is 1. The zero-order valence-electron chi connectivity index (χ0n) is 11.3. The number of thioether (sulfide) groups is 1. The number of hydrogen-bond acceptors (Lipinski definition) is 5. The number of aliphatic imine (C=N–C) groups is 1. The third-order valence-corrected chi connectivity index (χ3v) is 4.63. The molecule has 6 heteroatoms. The molecular formula is C14H15N3O2S. The molecule has 0 aromatic heterocycles. The summed E-state index contributed by atoms with van der Waals surface area (Å²) in [6, 6.07) is 5.22. The maximum absolute atomic E-state index is 11.9. The zero-order chi connectivity index (χ0) is 14.3. The molecule has 2 aliphatic rings. The third-order valence-electron chi connectivity index (χ3n) is 3.39. The lowest BCUT2D eigenvalue weighted by Crippen LogP contribution is -2.24. The summed E-state index contributed by atoms with van der Waals surface area (Å²) in [5.41, 5.74) is 1.72. The molecule has 2 aliphatic heterocycles. The van der Waals surface area contributed by atoms with Gasteiger partial charge in [0.05, 0.1) is 11.1 Å². The average Bonchev–Trinajstić information content (AvgIpc) is 2.66. The van der Waals surface area contributed by atoms with Crippen LogP contribution in [0.3, 0.4) is 0 Å². The van der Waals surface area contributed by atoms with Crippen molar-refractivity contribution >= 4 is 34.4 Å². The third kappa shape index (κ3) is 2.20. The Labute approximate surface area is 121 Å². The molecule has 0 spiro atoms. The lowest BCUT2D eigenvalue weighted by Gasteiger charge is -2.18. The second kappa shape index (κ2) is 4.94. The number of fused-ring (bicyclic) bond motifs is 1. The largest absolute Gasteiger partial charge is 0.335 e. The van der Waals surface area contributed by atoms with Crippen molar-refractivity contribution in [2.75, 3.05) is 24.7 Å². The summed E-state index contributed by atoms with van der Waals surface area (Å²) in [5, 5.41) is 4.08. The van der Waals surface area contributed by atoms with Crippen molar-refractivity contribution in [2.45, 2.75) is 6.92 Å². The van der Waals surface area contributed by atoms with Gasteiger partial charge in [-0.2, -0.15) is 0 Å². The molecule has 5 nitrogen and oxygen atoms in total. The first kappa shape index (κ1) is 13.2. The Morgan fingerprint density at radius 1 is 1.30 bits per heavy atom. The first-order valence-electron chi connectivity index (χ1n) is 6.47. The van der Waals surface area contributed by atoms with Gasteiger partial charge in [-0.3, -0.25) is 19.5 Å². The summed E-state index contributed by atoms with van der Waals surface area (Å²) in [6.45, 7) is 2.99. The van der Waals surface area contributed by atoms with Crippen LogP contribution in [0.4, 0.5) is 5.69 Å². The molecule has 2 heterocycles. The molecular weight excluding hydrogens is 274 g/mol. The van der Waals surface area contributed by atoms with E-state index in [2.05, 4.69) is 17.2 Å². The highest BCUT2D eigenvalue weighted by molar-refractivity contribution is 8.14. The monoisotopic (exact) mass is 289 g/mol. The van der Waals surface area contributed by atoms with E-state index < -0.39 is 0 Å². The van der Waals surface area contributed by atoms with E-state index >= 15 is 0 Å². The zero-order valence-corrected chi connectivity index (χ0v) is 12.2. The number of amides is 2. The molecule has 1 N–H and O–H groups in total. The van der Waals surface area contributed by atoms with Crippen LogP contribution in [0, 0.1) is 5.92 Å². The van der Waals surface area contributed by atoms with Gasteiger partial charge in [0.1, 0.15) is 0 Å². The summed E-state index contributed by atoms with van der Waals surface area (Å²) in [5.74, 6) is 1.14. The van der Waals surface area contributed by atoms with Crippen LogP contribution in [0.1, 0.15) is 27.6 Å². The summed E-state index contributed by atoms with van der Waals surface area (Å²) in [4.78, 5) is 29.3. The fraction of sp³-hybridized carbons (Fsp3) is 0.357. The van der Waals surface area contributed by atoms with Crippen molar-refractivity contribution in [1.82, 2.24) is 4.90 Å². The molecule has 3 rings (SSSR count). The fourth-order valence-electron chi connectivity index (χ4n) is 2.20. The normalized spacial score (nSPS) is 21.8. The molecule has 2 amide bonds. The Hall–Kier alpha value is -1.82. The summed E-state index contributed by atoms with van der Waals surface area (Å²) < 4.78 is 0. The minimum atomic E-state index is -0.250. The number of carbonyl (C=O) groups is 2. The van der Waals surface area contributed by atoms with Gasteiger partial charge < -0.3 is 5.32 Å². The molecule has 1 aromatic rings. The molecule has 1 aromatic carbocycles. The number of imide groups is 1. The lowest BCUT2D eigenvalue weighted by atomic mass is 10.1. The van der Waals surface area contributed by atoms with Crippen LogP contribution in [-0.2, 0) is 0 Å². The number of benzene rings is 1. The predicted molar refractivity (Wildman–Crippen MR) is 80.4 cm³/mol. The smallest absolute Gasteiger partial charge is 0.261 e. The van der Waals surface area contributed by atoms with Gasteiger partial charge in [0.2, 0.25) is 0 Å². The topological polar surface area (TPSA) is 61.8 Å². The Morgan fingerprint density at radius 3 is 2.75 bits per heavy atom. The maximum atomic E-state index is 11.9. The van der Waals surface area contributed by atoms with E-state index in [1.165, 1.54) is 7.05 Å². The number of nitrogens with zero attached hydrogens (tertiary/aromatic N) is 2. The SMILES string of the molecule is CC1CN=C(Nc2ccc3c(c2)C(=O)N(C)C3=O)SC1. The molecule has 1 atom stereocenters. The number of hydrogen-bond donors (Lipinski definition) is 1. The number of carbonyl (C=O) groups excluding carboxylic acids is 2. The molecule has 0 aliphatic carbocycles. The average molecular weight is 289 g/mol. The van der Waals surface area contributed by atoms with Crippen molar-refractivity contribution in [3.8, 4) is 0 Å². The standard InChI is InChI=1S/C14H15N3O2S/c1-8-6-15-14(20-7-8)16-9-3-4-10-11(5-9)13(19)17(2)12(10)18/h3-5,8H,6-7H2,1-2H3,(H,15,16). The number of anilines is 1. The van der Waals surface area contributed by atoms with Gasteiger partial charge >= 0.3 is 0 Å². The summed E-state index contributed by atoms with van der Waals surface area (Å²) >= 11 is 1.68. The van der Waals surface area contributed by atoms with Gasteiger partial charge in [-0.15, -0.1) is 0 Å². The van der Waals surface area contributed by atoms with Gasteiger partial charge in [0.15, 0.2) is 5.17 Å². The van der Waals surface area contributed by atoms with E-state index in [1.54, 1.807) is 23.9 Å². The van der Waals surface area contributed by atoms with Crippen molar-refractivity contribution in [3.05, 3.63) is 29.3 Å². The Morgan fingerprint density at radius 2 is 2.05 bits per heavy atom. The highest BCUT2D eigenvalue weighted by atomic mass is 32.2. The highest BCUT2D eigenvalue weighted by Gasteiger charge is 2.32. The molecule has 0 radical (unpaired) electrons. The van der Waals surface area contributed by atoms with Crippen LogP contribution in [0.15, 0.2) is 23.2 Å². The minimum absolute atomic E-state index is 0.241. The second-order valence-corrected chi connectivity index (χ2v) is 6.13. The Balaban J connectivity index is 1.84. The molecule has 0 bridgehead atoms. The molecule has 0 fully saturated rings. The highest BCUT2D eigenvalue weighted by Crippen LogP contribution is 2.26. The van der Waals surface area contributed by atoms with Gasteiger partial charge in [0, 0.05) is 25.0 Å². The molecule has 0 saturated carbocycles. The van der Waals surface area contributed by atoms with Crippen LogP contribution in [0.25, 0.3) is 0 Å². The molecule has 20 heavy (non-hydrogen) atoms. The quantitative estimate of drug-likeness (QED) is 0.804. The van der Waals surface area contributed by atoms with E-state index in [4.69, 9.17) is 0 Å². The number of amidine groups is 1. The van der Waals surface area contributed by atoms with E-state index in [0.717, 1.165) is 28.1 Å². The van der Waals surface area contributed by atoms with Crippen LogP contribution in [0.5, 0.6) is 0 Å². The van der Waals surface area contributed by atoms with Crippen molar-refractivity contribution in [2.24, 2.45) is 10.9 Å². The molecule has 1 unspecified atom stereocenters. The minimum Gasteiger partial charge on any atom is -0.335 e. The van der Waals surface area contributed by atoms with Crippen molar-refractivity contribution < 1.29 is 9.59 Å². The fourth-order valence-corrected chi connectivity index (χ4v) is 3.10. The van der Waals surface area contributed by atoms with E-state index in [1.807, 2.05) is 6.07 Å². The van der Waals surface area contributed by atoms with Gasteiger partial charge in [0.25, 0.3) is 11.8 Å². The van der Waals surface area contributed by atoms with Gasteiger partial charge in [-0.1, -0.05) is 18.7 Å². The van der Waals surface area contributed by atoms with Crippen LogP contribution < -0.4 is 5.32 Å². The van der Waals surface area contributed by atoms with E-state index in [-0.39, 0.29) is 11.8 Å². The number of nitrogens with one attached hydrogen (secondary N) is 1. The van der Waals surface area contributed by atoms with Crippen molar-refractivity contribution in [3.63, 3.8) is 0 Å². The maximum Gasteiger partial charge on any atom is 0.261 e. The summed E-state index contributed by atoms with van der Waals surface area (Å²) in [7, 11) is 1.50. The van der Waals surface area contributed by atoms with Crippen LogP contribution in [-0.4, -0.2) is 41.2 Å². The lowest BCUT2D eigenvalue weighted by molar-refractivity contribution is 0.0693. The predicted octanol–water partition coefficient (Wildman–Crippen LogP) is 2.06. The van der Waals surface area contributed by atoms with Gasteiger partial charge in [-0.25, -0.2) is 0 Å².